The summed E-state index contributed by atoms with van der Waals surface area (Å²) < 4.78 is 11.6. The molecular weight excluding hydrogens is 294 g/mol. The summed E-state index contributed by atoms with van der Waals surface area (Å²) in [4.78, 5) is 0. The van der Waals surface area contributed by atoms with Crippen molar-refractivity contribution in [3.05, 3.63) is 22.2 Å². The van der Waals surface area contributed by atoms with Crippen LogP contribution in [0.3, 0.4) is 0 Å². The molecule has 0 aliphatic heterocycles. The van der Waals surface area contributed by atoms with Crippen molar-refractivity contribution in [2.45, 2.75) is 38.6 Å². The highest BCUT2D eigenvalue weighted by Gasteiger charge is 2.09. The molecule has 0 saturated carbocycles. The third kappa shape index (κ3) is 4.18. The molecule has 0 amide bonds. The Morgan fingerprint density at radius 2 is 1.83 bits per heavy atom. The van der Waals surface area contributed by atoms with E-state index in [4.69, 9.17) is 15.2 Å². The monoisotopic (exact) mass is 315 g/mol. The Labute approximate surface area is 118 Å². The lowest BCUT2D eigenvalue weighted by Gasteiger charge is -2.13. The molecule has 0 heterocycles. The summed E-state index contributed by atoms with van der Waals surface area (Å²) >= 11 is 3.57. The summed E-state index contributed by atoms with van der Waals surface area (Å²) in [7, 11) is 3.30. The van der Waals surface area contributed by atoms with Gasteiger partial charge in [0.2, 0.25) is 0 Å². The van der Waals surface area contributed by atoms with E-state index in [1.807, 2.05) is 12.1 Å². The normalized spacial score (nSPS) is 12.3. The van der Waals surface area contributed by atoms with Gasteiger partial charge in [0, 0.05) is 10.5 Å². The van der Waals surface area contributed by atoms with Crippen molar-refractivity contribution in [1.82, 2.24) is 0 Å². The fourth-order valence-corrected chi connectivity index (χ4v) is 2.37. The second-order valence-electron chi connectivity index (χ2n) is 4.36. The zero-order valence-corrected chi connectivity index (χ0v) is 12.9. The van der Waals surface area contributed by atoms with Crippen molar-refractivity contribution >= 4 is 15.9 Å². The second-order valence-corrected chi connectivity index (χ2v) is 5.21. The van der Waals surface area contributed by atoms with E-state index in [0.29, 0.717) is 6.04 Å². The molecule has 0 fully saturated rings. The molecule has 18 heavy (non-hydrogen) atoms. The number of halogens is 1. The predicted octanol–water partition coefficient (Wildman–Crippen LogP) is 3.53. The molecule has 1 atom stereocenters. The molecule has 0 aliphatic carbocycles. The third-order valence-electron chi connectivity index (χ3n) is 3.10. The molecule has 3 nitrogen and oxygen atoms in total. The maximum atomic E-state index is 5.92. The van der Waals surface area contributed by atoms with Crippen LogP contribution >= 0.6 is 15.9 Å². The van der Waals surface area contributed by atoms with Crippen LogP contribution in [0.25, 0.3) is 0 Å². The van der Waals surface area contributed by atoms with E-state index in [0.717, 1.165) is 41.7 Å². The summed E-state index contributed by atoms with van der Waals surface area (Å²) in [6.45, 7) is 2.12. The number of aryl methyl sites for hydroxylation is 1. The number of rotatable bonds is 7. The first-order valence-electron chi connectivity index (χ1n) is 6.28. The Hall–Kier alpha value is -0.740. The molecule has 0 bridgehead atoms. The van der Waals surface area contributed by atoms with Gasteiger partial charge in [0.25, 0.3) is 0 Å². The van der Waals surface area contributed by atoms with Crippen molar-refractivity contribution in [2.75, 3.05) is 14.2 Å². The van der Waals surface area contributed by atoms with Crippen LogP contribution in [0.2, 0.25) is 0 Å². The second kappa shape index (κ2) is 7.64. The fraction of sp³-hybridized carbons (Fsp3) is 0.571. The van der Waals surface area contributed by atoms with Gasteiger partial charge in [-0.05, 0) is 43.4 Å². The topological polar surface area (TPSA) is 44.5 Å². The lowest BCUT2D eigenvalue weighted by atomic mass is 10.0. The zero-order chi connectivity index (χ0) is 13.5. The molecule has 2 N–H and O–H groups in total. The Morgan fingerprint density at radius 1 is 1.22 bits per heavy atom. The predicted molar refractivity (Wildman–Crippen MR) is 78.5 cm³/mol. The highest BCUT2D eigenvalue weighted by molar-refractivity contribution is 9.10. The first kappa shape index (κ1) is 15.3. The summed E-state index contributed by atoms with van der Waals surface area (Å²) in [5.74, 6) is 1.52. The largest absolute Gasteiger partial charge is 0.493 e. The molecule has 1 aromatic rings. The van der Waals surface area contributed by atoms with Gasteiger partial charge in [-0.2, -0.15) is 0 Å². The molecule has 0 aromatic heterocycles. The van der Waals surface area contributed by atoms with Crippen molar-refractivity contribution in [1.29, 1.82) is 0 Å². The van der Waals surface area contributed by atoms with Gasteiger partial charge in [0.1, 0.15) is 0 Å². The molecule has 1 rings (SSSR count). The summed E-state index contributed by atoms with van der Waals surface area (Å²) in [5, 5.41) is 0. The van der Waals surface area contributed by atoms with Gasteiger partial charge >= 0.3 is 0 Å². The molecule has 4 heteroatoms. The van der Waals surface area contributed by atoms with Gasteiger partial charge in [-0.1, -0.05) is 22.9 Å². The van der Waals surface area contributed by atoms with Crippen LogP contribution in [-0.4, -0.2) is 20.3 Å². The molecule has 0 saturated heterocycles. The standard InChI is InChI=1S/C14H22BrNO2/c1-4-11(16)7-5-6-10-8-13(17-2)14(18-3)9-12(10)15/h8-9,11H,4-7,16H2,1-3H3. The van der Waals surface area contributed by atoms with E-state index in [2.05, 4.69) is 22.9 Å². The highest BCUT2D eigenvalue weighted by atomic mass is 79.9. The Morgan fingerprint density at radius 3 is 2.39 bits per heavy atom. The summed E-state index contributed by atoms with van der Waals surface area (Å²) in [5.41, 5.74) is 7.15. The van der Waals surface area contributed by atoms with Crippen molar-refractivity contribution in [3.8, 4) is 11.5 Å². The molecule has 0 radical (unpaired) electrons. The van der Waals surface area contributed by atoms with Gasteiger partial charge in [-0.3, -0.25) is 0 Å². The van der Waals surface area contributed by atoms with E-state index in [9.17, 15) is 0 Å². The molecule has 0 spiro atoms. The summed E-state index contributed by atoms with van der Waals surface area (Å²) in [6.07, 6.45) is 4.17. The maximum absolute atomic E-state index is 5.92. The van der Waals surface area contributed by atoms with Crippen molar-refractivity contribution < 1.29 is 9.47 Å². The Bertz CT molecular complexity index is 382. The maximum Gasteiger partial charge on any atom is 0.161 e. The van der Waals surface area contributed by atoms with Crippen molar-refractivity contribution in [2.24, 2.45) is 5.73 Å². The highest BCUT2D eigenvalue weighted by Crippen LogP contribution is 2.33. The number of benzene rings is 1. The van der Waals surface area contributed by atoms with Gasteiger partial charge < -0.3 is 15.2 Å². The number of ether oxygens (including phenoxy) is 2. The Kier molecular flexibility index (Phi) is 6.50. The number of hydrogen-bond acceptors (Lipinski definition) is 3. The SMILES string of the molecule is CCC(N)CCCc1cc(OC)c(OC)cc1Br. The van der Waals surface area contributed by atoms with Crippen LogP contribution in [0.1, 0.15) is 31.7 Å². The third-order valence-corrected chi connectivity index (χ3v) is 3.84. The first-order valence-corrected chi connectivity index (χ1v) is 7.07. The van der Waals surface area contributed by atoms with E-state index in [-0.39, 0.29) is 0 Å². The molecule has 102 valence electrons. The van der Waals surface area contributed by atoms with E-state index >= 15 is 0 Å². The number of nitrogens with two attached hydrogens (primary N) is 1. The van der Waals surface area contributed by atoms with Gasteiger partial charge in [0.15, 0.2) is 11.5 Å². The van der Waals surface area contributed by atoms with Gasteiger partial charge in [0.05, 0.1) is 14.2 Å². The zero-order valence-electron chi connectivity index (χ0n) is 11.3. The first-order chi connectivity index (χ1) is 8.62. The number of hydrogen-bond donors (Lipinski definition) is 1. The van der Waals surface area contributed by atoms with Crippen LogP contribution in [0.5, 0.6) is 11.5 Å². The fourth-order valence-electron chi connectivity index (χ4n) is 1.85. The quantitative estimate of drug-likeness (QED) is 0.837. The van der Waals surface area contributed by atoms with Crippen LogP contribution in [-0.2, 0) is 6.42 Å². The Balaban J connectivity index is 2.71. The smallest absolute Gasteiger partial charge is 0.161 e. The number of methoxy groups -OCH3 is 2. The lowest BCUT2D eigenvalue weighted by Crippen LogP contribution is -2.18. The minimum atomic E-state index is 0.309. The van der Waals surface area contributed by atoms with Gasteiger partial charge in [-0.15, -0.1) is 0 Å². The van der Waals surface area contributed by atoms with Crippen molar-refractivity contribution in [3.63, 3.8) is 0 Å². The van der Waals surface area contributed by atoms with Gasteiger partial charge in [-0.25, -0.2) is 0 Å². The average molecular weight is 316 g/mol. The molecule has 1 unspecified atom stereocenters. The van der Waals surface area contributed by atoms with Crippen LogP contribution in [0.15, 0.2) is 16.6 Å². The lowest BCUT2D eigenvalue weighted by molar-refractivity contribution is 0.354. The van der Waals surface area contributed by atoms with Crippen LogP contribution in [0, 0.1) is 0 Å². The minimum Gasteiger partial charge on any atom is -0.493 e. The van der Waals surface area contributed by atoms with E-state index in [1.165, 1.54) is 5.56 Å². The van der Waals surface area contributed by atoms with E-state index < -0.39 is 0 Å². The van der Waals surface area contributed by atoms with Crippen LogP contribution in [0.4, 0.5) is 0 Å². The average Bonchev–Trinajstić information content (AvgIpc) is 2.39. The summed E-state index contributed by atoms with van der Waals surface area (Å²) in [6, 6.07) is 4.29. The van der Waals surface area contributed by atoms with Crippen LogP contribution < -0.4 is 15.2 Å². The molecular formula is C14H22BrNO2. The minimum absolute atomic E-state index is 0.309. The molecule has 0 aliphatic rings. The molecule has 1 aromatic carbocycles. The van der Waals surface area contributed by atoms with E-state index in [1.54, 1.807) is 14.2 Å².